The summed E-state index contributed by atoms with van der Waals surface area (Å²) in [6.07, 6.45) is 2.15. The number of benzene rings is 3. The second kappa shape index (κ2) is 16.2. The van der Waals surface area contributed by atoms with E-state index in [1.165, 1.54) is 6.07 Å². The molecule has 0 amide bonds. The van der Waals surface area contributed by atoms with E-state index in [1.54, 1.807) is 60.7 Å². The van der Waals surface area contributed by atoms with Crippen LogP contribution in [0.5, 0.6) is 10.8 Å². The zero-order valence-electron chi connectivity index (χ0n) is 23.4. The number of ether oxygens (including phenoxy) is 4. The first-order chi connectivity index (χ1) is 21.4. The van der Waals surface area contributed by atoms with Crippen molar-refractivity contribution in [2.45, 2.75) is 0 Å². The number of thiophene rings is 1. The number of carbonyl (C=O) groups is 2. The molecule has 0 radical (unpaired) electrons. The summed E-state index contributed by atoms with van der Waals surface area (Å²) < 4.78 is 34.9. The summed E-state index contributed by atoms with van der Waals surface area (Å²) in [5, 5.41) is 17.1. The van der Waals surface area contributed by atoms with Gasteiger partial charge in [-0.15, -0.1) is 0 Å². The van der Waals surface area contributed by atoms with Gasteiger partial charge in [0.1, 0.15) is 32.2 Å². The van der Waals surface area contributed by atoms with Crippen LogP contribution in [-0.4, -0.2) is 38.4 Å². The Hall–Kier alpha value is -5.49. The van der Waals surface area contributed by atoms with Crippen LogP contribution < -0.4 is 9.47 Å². The molecule has 1 heterocycles. The SMILES string of the molecule is C=CC(=O)OCCOc1ccc(N=Nc2ccc(N=Nc3ccc(-c4cc(F)c(OCCOC(=O)C=C)s4)cc3)cc2)cc1. The molecule has 4 rings (SSSR count). The van der Waals surface area contributed by atoms with Crippen molar-refractivity contribution < 1.29 is 32.9 Å². The number of rotatable bonds is 15. The third-order valence-electron chi connectivity index (χ3n) is 5.55. The molecular weight excluding hydrogens is 587 g/mol. The van der Waals surface area contributed by atoms with Gasteiger partial charge in [-0.1, -0.05) is 36.6 Å². The lowest BCUT2D eigenvalue weighted by atomic mass is 10.2. The van der Waals surface area contributed by atoms with Crippen LogP contribution in [0.4, 0.5) is 27.1 Å². The molecule has 3 aromatic carbocycles. The molecule has 12 heteroatoms. The highest BCUT2D eigenvalue weighted by molar-refractivity contribution is 7.17. The fourth-order valence-corrected chi connectivity index (χ4v) is 4.32. The van der Waals surface area contributed by atoms with E-state index in [2.05, 4.69) is 33.6 Å². The lowest BCUT2D eigenvalue weighted by Crippen LogP contribution is -2.09. The molecule has 0 saturated carbocycles. The number of esters is 2. The van der Waals surface area contributed by atoms with E-state index in [-0.39, 0.29) is 31.5 Å². The van der Waals surface area contributed by atoms with Crippen molar-refractivity contribution in [3.8, 4) is 21.3 Å². The minimum absolute atomic E-state index is 0.00407. The standard InChI is InChI=1S/C32H27FN4O6S/c1-3-30(38)41-18-17-40-27-15-13-26(14-16-27)37-36-25-11-9-24(10-12-25)35-34-23-7-5-22(6-8-23)29-21-28(33)32(44-29)43-20-19-42-31(39)4-2/h3-16,21H,1-2,17-20H2. The molecule has 0 N–H and O–H groups in total. The molecule has 10 nitrogen and oxygen atoms in total. The lowest BCUT2D eigenvalue weighted by Gasteiger charge is -2.06. The summed E-state index contributed by atoms with van der Waals surface area (Å²) in [5.41, 5.74) is 3.34. The minimum atomic E-state index is -0.562. The average Bonchev–Trinajstić information content (AvgIpc) is 3.44. The number of hydrogen-bond donors (Lipinski definition) is 0. The number of carbonyl (C=O) groups excluding carboxylic acids is 2. The molecular formula is C32H27FN4O6S. The predicted octanol–water partition coefficient (Wildman–Crippen LogP) is 8.60. The van der Waals surface area contributed by atoms with E-state index in [0.29, 0.717) is 33.4 Å². The maximum absolute atomic E-state index is 14.3. The maximum Gasteiger partial charge on any atom is 0.330 e. The van der Waals surface area contributed by atoms with Gasteiger partial charge in [-0.05, 0) is 72.3 Å². The van der Waals surface area contributed by atoms with Crippen LogP contribution in [0.1, 0.15) is 0 Å². The van der Waals surface area contributed by atoms with Crippen molar-refractivity contribution in [2.24, 2.45) is 20.5 Å². The Morgan fingerprint density at radius 3 is 1.57 bits per heavy atom. The van der Waals surface area contributed by atoms with Gasteiger partial charge < -0.3 is 18.9 Å². The van der Waals surface area contributed by atoms with E-state index < -0.39 is 17.8 Å². The van der Waals surface area contributed by atoms with Crippen LogP contribution in [0.15, 0.2) is 125 Å². The second-order valence-corrected chi connectivity index (χ2v) is 9.66. The van der Waals surface area contributed by atoms with Gasteiger partial charge in [0.05, 0.1) is 22.7 Å². The Morgan fingerprint density at radius 1 is 0.659 bits per heavy atom. The zero-order chi connectivity index (χ0) is 31.1. The maximum atomic E-state index is 14.3. The molecule has 0 fully saturated rings. The predicted molar refractivity (Wildman–Crippen MR) is 164 cm³/mol. The van der Waals surface area contributed by atoms with E-state index in [0.717, 1.165) is 29.1 Å². The fourth-order valence-electron chi connectivity index (χ4n) is 3.41. The Morgan fingerprint density at radius 2 is 1.09 bits per heavy atom. The van der Waals surface area contributed by atoms with Gasteiger partial charge >= 0.3 is 11.9 Å². The van der Waals surface area contributed by atoms with Gasteiger partial charge in [0.2, 0.25) is 5.06 Å². The van der Waals surface area contributed by atoms with Crippen molar-refractivity contribution in [1.29, 1.82) is 0 Å². The summed E-state index contributed by atoms with van der Waals surface area (Å²) in [5.74, 6) is -0.930. The molecule has 0 aliphatic heterocycles. The highest BCUT2D eigenvalue weighted by Crippen LogP contribution is 2.37. The monoisotopic (exact) mass is 614 g/mol. The largest absolute Gasteiger partial charge is 0.490 e. The Labute approximate surface area is 256 Å². The van der Waals surface area contributed by atoms with Gasteiger partial charge in [0.25, 0.3) is 0 Å². The van der Waals surface area contributed by atoms with Crippen LogP contribution in [0.25, 0.3) is 10.4 Å². The molecule has 0 spiro atoms. The molecule has 0 saturated heterocycles. The molecule has 0 bridgehead atoms. The first kappa shape index (κ1) is 31.4. The first-order valence-electron chi connectivity index (χ1n) is 13.2. The molecule has 1 aromatic heterocycles. The number of azo groups is 2. The van der Waals surface area contributed by atoms with Crippen molar-refractivity contribution in [2.75, 3.05) is 26.4 Å². The normalized spacial score (nSPS) is 10.9. The van der Waals surface area contributed by atoms with E-state index in [1.807, 2.05) is 12.1 Å². The Kier molecular flexibility index (Phi) is 11.6. The zero-order valence-corrected chi connectivity index (χ0v) is 24.2. The van der Waals surface area contributed by atoms with Crippen LogP contribution >= 0.6 is 11.3 Å². The number of hydrogen-bond acceptors (Lipinski definition) is 11. The highest BCUT2D eigenvalue weighted by Gasteiger charge is 2.12. The summed E-state index contributed by atoms with van der Waals surface area (Å²) in [6.45, 7) is 7.02. The summed E-state index contributed by atoms with van der Waals surface area (Å²) in [4.78, 5) is 22.8. The van der Waals surface area contributed by atoms with E-state index >= 15 is 0 Å². The van der Waals surface area contributed by atoms with Gasteiger partial charge in [0, 0.05) is 17.0 Å². The molecule has 44 heavy (non-hydrogen) atoms. The number of nitrogens with zero attached hydrogens (tertiary/aromatic N) is 4. The highest BCUT2D eigenvalue weighted by atomic mass is 32.1. The third kappa shape index (κ3) is 9.81. The number of halogens is 1. The topological polar surface area (TPSA) is 120 Å². The van der Waals surface area contributed by atoms with Crippen LogP contribution in [-0.2, 0) is 19.1 Å². The van der Waals surface area contributed by atoms with Crippen molar-refractivity contribution in [1.82, 2.24) is 0 Å². The average molecular weight is 615 g/mol. The van der Waals surface area contributed by atoms with Crippen molar-refractivity contribution in [3.05, 3.63) is 110 Å². The summed E-state index contributed by atoms with van der Waals surface area (Å²) in [7, 11) is 0. The molecule has 0 unspecified atom stereocenters. The van der Waals surface area contributed by atoms with Crippen molar-refractivity contribution >= 4 is 46.0 Å². The first-order valence-corrected chi connectivity index (χ1v) is 14.0. The van der Waals surface area contributed by atoms with Crippen LogP contribution in [0, 0.1) is 5.82 Å². The molecule has 224 valence electrons. The summed E-state index contributed by atoms with van der Waals surface area (Å²) >= 11 is 1.15. The van der Waals surface area contributed by atoms with Gasteiger partial charge in [-0.3, -0.25) is 0 Å². The van der Waals surface area contributed by atoms with Gasteiger partial charge in [0.15, 0.2) is 5.82 Å². The van der Waals surface area contributed by atoms with E-state index in [9.17, 15) is 14.0 Å². The smallest absolute Gasteiger partial charge is 0.330 e. The lowest BCUT2D eigenvalue weighted by molar-refractivity contribution is -0.139. The van der Waals surface area contributed by atoms with E-state index in [4.69, 9.17) is 18.9 Å². The van der Waals surface area contributed by atoms with Gasteiger partial charge in [-0.25, -0.2) is 14.0 Å². The third-order valence-corrected chi connectivity index (χ3v) is 6.62. The van der Waals surface area contributed by atoms with Crippen LogP contribution in [0.3, 0.4) is 0 Å². The molecule has 4 aromatic rings. The molecule has 0 aliphatic rings. The minimum Gasteiger partial charge on any atom is -0.490 e. The Balaban J connectivity index is 1.25. The molecule has 0 atom stereocenters. The second-order valence-electron chi connectivity index (χ2n) is 8.64. The van der Waals surface area contributed by atoms with Gasteiger partial charge in [-0.2, -0.15) is 20.5 Å². The molecule has 0 aliphatic carbocycles. The van der Waals surface area contributed by atoms with Crippen LogP contribution in [0.2, 0.25) is 0 Å². The fraction of sp³-hybridized carbons (Fsp3) is 0.125. The Bertz CT molecular complexity index is 1630. The quantitative estimate of drug-likeness (QED) is 0.0572. The summed E-state index contributed by atoms with van der Waals surface area (Å²) in [6, 6.07) is 22.7. The van der Waals surface area contributed by atoms with Crippen molar-refractivity contribution in [3.63, 3.8) is 0 Å².